The Morgan fingerprint density at radius 2 is 2.20 bits per heavy atom. The smallest absolute Gasteiger partial charge is 1.00 e. The molecule has 0 bridgehead atoms. The fraction of sp³-hybridized carbons (Fsp3) is 0.800. The van der Waals surface area contributed by atoms with Crippen LogP contribution >= 0.6 is 0 Å². The number of carboxylic acid groups (broad SMARTS) is 1. The molecule has 3 N–H and O–H groups in total. The van der Waals surface area contributed by atoms with E-state index in [9.17, 15) is 4.79 Å². The summed E-state index contributed by atoms with van der Waals surface area (Å²) in [5.41, 5.74) is 0. The topological polar surface area (TPSA) is 69.6 Å². The predicted molar refractivity (Wildman–Crippen MR) is 33.3 cm³/mol. The second kappa shape index (κ2) is 9.39. The molecule has 0 aliphatic heterocycles. The second-order valence-electron chi connectivity index (χ2n) is 1.65. The number of carboxylic acids is 1. The van der Waals surface area contributed by atoms with Crippen molar-refractivity contribution >= 4 is 5.97 Å². The van der Waals surface area contributed by atoms with E-state index in [0.29, 0.717) is 13.0 Å². The summed E-state index contributed by atoms with van der Waals surface area (Å²) in [7, 11) is 0. The van der Waals surface area contributed by atoms with E-state index in [2.05, 4.69) is 5.32 Å². The third kappa shape index (κ3) is 11.2. The summed E-state index contributed by atoms with van der Waals surface area (Å²) in [5, 5.41) is 19.0. The van der Waals surface area contributed by atoms with Crippen molar-refractivity contribution in [3.8, 4) is 0 Å². The third-order valence-corrected chi connectivity index (χ3v) is 0.788. The van der Waals surface area contributed by atoms with Gasteiger partial charge in [-0.1, -0.05) is 0 Å². The van der Waals surface area contributed by atoms with E-state index in [1.54, 1.807) is 0 Å². The Balaban J connectivity index is -0.000000320. The van der Waals surface area contributed by atoms with Crippen LogP contribution in [0.1, 0.15) is 7.85 Å². The van der Waals surface area contributed by atoms with E-state index in [4.69, 9.17) is 10.2 Å². The van der Waals surface area contributed by atoms with Crippen LogP contribution in [0.3, 0.4) is 0 Å². The first-order valence-corrected chi connectivity index (χ1v) is 2.80. The molecule has 0 saturated carbocycles. The van der Waals surface area contributed by atoms with Gasteiger partial charge in [-0.25, -0.2) is 0 Å². The Hall–Kier alpha value is 0.390. The predicted octanol–water partition coefficient (Wildman–Crippen LogP) is -3.84. The van der Waals surface area contributed by atoms with Crippen molar-refractivity contribution in [3.63, 3.8) is 0 Å². The van der Waals surface area contributed by atoms with Crippen molar-refractivity contribution in [1.29, 1.82) is 0 Å². The van der Waals surface area contributed by atoms with Crippen molar-refractivity contribution in [3.05, 3.63) is 0 Å². The average Bonchev–Trinajstić information content (AvgIpc) is 1.80. The first-order valence-electron chi connectivity index (χ1n) is 2.80. The first-order chi connectivity index (χ1) is 4.27. The molecular weight excluding hydrogens is 145 g/mol. The molecule has 0 saturated heterocycles. The van der Waals surface area contributed by atoms with Gasteiger partial charge in [0, 0.05) is 6.61 Å². The maximum absolute atomic E-state index is 9.84. The molecule has 0 rings (SSSR count). The van der Waals surface area contributed by atoms with Crippen LogP contribution in [0.25, 0.3) is 0 Å². The van der Waals surface area contributed by atoms with Crippen molar-refractivity contribution in [1.82, 2.24) is 5.32 Å². The molecule has 0 fully saturated rings. The zero-order valence-electron chi connectivity index (χ0n) is 7.13. The Morgan fingerprint density at radius 3 is 2.60 bits per heavy atom. The number of nitrogens with one attached hydrogen (secondary N) is 1. The van der Waals surface area contributed by atoms with E-state index in [1.807, 2.05) is 0 Å². The second-order valence-corrected chi connectivity index (χ2v) is 1.65. The monoisotopic (exact) mass is 157 g/mol. The van der Waals surface area contributed by atoms with Gasteiger partial charge in [0.25, 0.3) is 0 Å². The SMILES string of the molecule is O=C(O)CNCCCO.[H-].[Na+]. The number of rotatable bonds is 5. The van der Waals surface area contributed by atoms with Crippen molar-refractivity contribution < 1.29 is 46.0 Å². The molecule has 0 atom stereocenters. The van der Waals surface area contributed by atoms with Crippen molar-refractivity contribution in [2.24, 2.45) is 0 Å². The Bertz CT molecular complexity index is 93.8. The minimum absolute atomic E-state index is 0. The van der Waals surface area contributed by atoms with Gasteiger partial charge < -0.3 is 17.0 Å². The number of aliphatic carboxylic acids is 1. The van der Waals surface area contributed by atoms with Gasteiger partial charge in [0.2, 0.25) is 0 Å². The van der Waals surface area contributed by atoms with Gasteiger partial charge in [-0.3, -0.25) is 4.79 Å². The molecule has 0 heterocycles. The molecular formula is C5H12NNaO3. The molecule has 0 aromatic heterocycles. The standard InChI is InChI=1S/C5H11NO3.Na.H/c7-3-1-2-6-4-5(8)9;;/h6-7H,1-4H2,(H,8,9);;/q;+1;-1. The van der Waals surface area contributed by atoms with E-state index in [1.165, 1.54) is 0 Å². The quantitative estimate of drug-likeness (QED) is 0.282. The van der Waals surface area contributed by atoms with Crippen LogP contribution in [0.15, 0.2) is 0 Å². The summed E-state index contributed by atoms with van der Waals surface area (Å²) in [4.78, 5) is 9.84. The summed E-state index contributed by atoms with van der Waals surface area (Å²) < 4.78 is 0. The van der Waals surface area contributed by atoms with E-state index in [-0.39, 0.29) is 44.1 Å². The van der Waals surface area contributed by atoms with Gasteiger partial charge in [0.1, 0.15) is 0 Å². The largest absolute Gasteiger partial charge is 1.00 e. The minimum atomic E-state index is -0.868. The third-order valence-electron chi connectivity index (χ3n) is 0.788. The molecule has 0 aliphatic rings. The van der Waals surface area contributed by atoms with Crippen molar-refractivity contribution in [2.45, 2.75) is 6.42 Å². The molecule has 0 radical (unpaired) electrons. The number of aliphatic hydroxyl groups is 1. The zero-order valence-corrected chi connectivity index (χ0v) is 8.13. The molecule has 0 spiro atoms. The van der Waals surface area contributed by atoms with Crippen LogP contribution in [0.2, 0.25) is 0 Å². The maximum atomic E-state index is 9.84. The molecule has 4 nitrogen and oxygen atoms in total. The van der Waals surface area contributed by atoms with Gasteiger partial charge in [0.05, 0.1) is 6.54 Å². The van der Waals surface area contributed by atoms with E-state index < -0.39 is 5.97 Å². The van der Waals surface area contributed by atoms with Crippen LogP contribution in [0.5, 0.6) is 0 Å². The molecule has 0 amide bonds. The Labute approximate surface area is 83.4 Å². The number of hydrogen-bond donors (Lipinski definition) is 3. The van der Waals surface area contributed by atoms with Crippen molar-refractivity contribution in [2.75, 3.05) is 19.7 Å². The molecule has 56 valence electrons. The fourth-order valence-electron chi connectivity index (χ4n) is 0.399. The van der Waals surface area contributed by atoms with Crippen LogP contribution in [0, 0.1) is 0 Å². The van der Waals surface area contributed by atoms with E-state index in [0.717, 1.165) is 0 Å². The first kappa shape index (κ1) is 13.0. The van der Waals surface area contributed by atoms with Gasteiger partial charge in [-0.2, -0.15) is 0 Å². The number of carbonyl (C=O) groups is 1. The molecule has 0 aromatic carbocycles. The van der Waals surface area contributed by atoms with Crippen LogP contribution in [0.4, 0.5) is 0 Å². The van der Waals surface area contributed by atoms with Crippen LogP contribution < -0.4 is 34.9 Å². The average molecular weight is 157 g/mol. The molecule has 5 heteroatoms. The van der Waals surface area contributed by atoms with Gasteiger partial charge in [0.15, 0.2) is 0 Å². The summed E-state index contributed by atoms with van der Waals surface area (Å²) >= 11 is 0. The zero-order chi connectivity index (χ0) is 7.11. The summed E-state index contributed by atoms with van der Waals surface area (Å²) in [6.07, 6.45) is 0.604. The normalized spacial score (nSPS) is 8.50. The summed E-state index contributed by atoms with van der Waals surface area (Å²) in [6.45, 7) is 0.634. The Morgan fingerprint density at radius 1 is 1.60 bits per heavy atom. The Kier molecular flexibility index (Phi) is 12.2. The molecule has 0 aliphatic carbocycles. The van der Waals surface area contributed by atoms with E-state index >= 15 is 0 Å². The summed E-state index contributed by atoms with van der Waals surface area (Å²) in [6, 6.07) is 0. The fourth-order valence-corrected chi connectivity index (χ4v) is 0.399. The molecule has 0 aromatic rings. The van der Waals surface area contributed by atoms with Gasteiger partial charge >= 0.3 is 35.5 Å². The molecule has 10 heavy (non-hydrogen) atoms. The van der Waals surface area contributed by atoms with Crippen LogP contribution in [-0.2, 0) is 4.79 Å². The van der Waals surface area contributed by atoms with Gasteiger partial charge in [-0.05, 0) is 13.0 Å². The number of aliphatic hydroxyl groups excluding tert-OH is 1. The maximum Gasteiger partial charge on any atom is 1.00 e. The minimum Gasteiger partial charge on any atom is -1.00 e. The number of hydrogen-bond acceptors (Lipinski definition) is 3. The summed E-state index contributed by atoms with van der Waals surface area (Å²) in [5.74, 6) is -0.868. The van der Waals surface area contributed by atoms with Gasteiger partial charge in [-0.15, -0.1) is 0 Å². The molecule has 0 unspecified atom stereocenters. The van der Waals surface area contributed by atoms with Crippen LogP contribution in [-0.4, -0.2) is 35.9 Å².